The standard InChI is InChI=1S/C24H29N7O2S2/c25-21(33)24(31-10-4-1-5-11-31)8-12-30(13-9-24)19(32)14-16-15-35-23(26-16)29-20-17-6-2-3-7-18(17)27-22(34)28-20/h2-3,6-7,15H,1,4-5,8-14H2,(H2,25,33)(H2,26,27,28,29,34). The highest BCUT2D eigenvalue weighted by Gasteiger charge is 2.45. The SMILES string of the molecule is NC(=O)C1(N2CCCCC2)CCN(C(=O)Cc2csc(Nc3nc(=S)[nH]c4ccccc34)n2)CC1. The summed E-state index contributed by atoms with van der Waals surface area (Å²) in [6.07, 6.45) is 4.78. The lowest BCUT2D eigenvalue weighted by Gasteiger charge is -2.48. The van der Waals surface area contributed by atoms with Crippen molar-refractivity contribution in [1.82, 2.24) is 24.8 Å². The van der Waals surface area contributed by atoms with Gasteiger partial charge in [0.2, 0.25) is 11.8 Å². The van der Waals surface area contributed by atoms with E-state index in [0.29, 0.717) is 47.3 Å². The predicted molar refractivity (Wildman–Crippen MR) is 139 cm³/mol. The number of amides is 2. The Morgan fingerprint density at radius 2 is 1.86 bits per heavy atom. The normalized spacial score (nSPS) is 18.5. The van der Waals surface area contributed by atoms with Gasteiger partial charge in [0.25, 0.3) is 0 Å². The monoisotopic (exact) mass is 511 g/mol. The average Bonchev–Trinajstić information content (AvgIpc) is 3.31. The summed E-state index contributed by atoms with van der Waals surface area (Å²) in [4.78, 5) is 41.6. The molecule has 0 atom stereocenters. The second-order valence-electron chi connectivity index (χ2n) is 9.21. The number of likely N-dealkylation sites (tertiary alicyclic amines) is 2. The van der Waals surface area contributed by atoms with Crippen LogP contribution in [0.4, 0.5) is 10.9 Å². The Morgan fingerprint density at radius 1 is 1.11 bits per heavy atom. The van der Waals surface area contributed by atoms with E-state index in [1.54, 1.807) is 0 Å². The van der Waals surface area contributed by atoms with Crippen LogP contribution in [0.2, 0.25) is 0 Å². The fraction of sp³-hybridized carbons (Fsp3) is 0.458. The summed E-state index contributed by atoms with van der Waals surface area (Å²) in [5, 5.41) is 6.70. The molecule has 0 aliphatic carbocycles. The smallest absolute Gasteiger partial charge is 0.238 e. The summed E-state index contributed by atoms with van der Waals surface area (Å²) in [7, 11) is 0. The maximum atomic E-state index is 13.0. The molecule has 2 amide bonds. The Kier molecular flexibility index (Phi) is 6.81. The zero-order valence-electron chi connectivity index (χ0n) is 19.5. The molecule has 2 aromatic heterocycles. The first-order valence-electron chi connectivity index (χ1n) is 12.0. The fourth-order valence-corrected chi connectivity index (χ4v) is 6.09. The number of anilines is 2. The van der Waals surface area contributed by atoms with Crippen molar-refractivity contribution in [2.45, 2.75) is 44.1 Å². The number of aromatic amines is 1. The van der Waals surface area contributed by atoms with Crippen molar-refractivity contribution in [3.8, 4) is 0 Å². The van der Waals surface area contributed by atoms with Crippen molar-refractivity contribution >= 4 is 57.2 Å². The summed E-state index contributed by atoms with van der Waals surface area (Å²) in [6.45, 7) is 2.88. The van der Waals surface area contributed by atoms with Gasteiger partial charge in [-0.05, 0) is 63.1 Å². The van der Waals surface area contributed by atoms with E-state index in [-0.39, 0.29) is 18.2 Å². The lowest BCUT2D eigenvalue weighted by molar-refractivity contribution is -0.141. The Hall–Kier alpha value is -2.89. The number of rotatable bonds is 6. The molecule has 0 unspecified atom stereocenters. The number of benzene rings is 1. The maximum absolute atomic E-state index is 13.0. The van der Waals surface area contributed by atoms with E-state index >= 15 is 0 Å². The molecular weight excluding hydrogens is 482 g/mol. The fourth-order valence-electron chi connectivity index (χ4n) is 5.18. The van der Waals surface area contributed by atoms with Gasteiger partial charge in [-0.15, -0.1) is 11.3 Å². The van der Waals surface area contributed by atoms with E-state index in [9.17, 15) is 9.59 Å². The minimum absolute atomic E-state index is 0.0179. The summed E-state index contributed by atoms with van der Waals surface area (Å²) < 4.78 is 0.389. The van der Waals surface area contributed by atoms with Crippen molar-refractivity contribution in [1.29, 1.82) is 0 Å². The van der Waals surface area contributed by atoms with Crippen LogP contribution in [0.25, 0.3) is 10.9 Å². The average molecular weight is 512 g/mol. The molecule has 4 N–H and O–H groups in total. The van der Waals surface area contributed by atoms with Crippen molar-refractivity contribution < 1.29 is 9.59 Å². The molecule has 0 bridgehead atoms. The van der Waals surface area contributed by atoms with Gasteiger partial charge in [0.15, 0.2) is 9.90 Å². The van der Waals surface area contributed by atoms with E-state index in [1.807, 2.05) is 34.5 Å². The number of aromatic nitrogens is 3. The number of hydrogen-bond donors (Lipinski definition) is 3. The van der Waals surface area contributed by atoms with E-state index < -0.39 is 5.54 Å². The molecule has 2 aliphatic heterocycles. The molecule has 11 heteroatoms. The highest BCUT2D eigenvalue weighted by molar-refractivity contribution is 7.71. The van der Waals surface area contributed by atoms with Crippen molar-refractivity contribution in [2.24, 2.45) is 5.73 Å². The lowest BCUT2D eigenvalue weighted by Crippen LogP contribution is -2.63. The number of primary amides is 1. The first-order valence-corrected chi connectivity index (χ1v) is 13.3. The number of nitrogens with one attached hydrogen (secondary N) is 2. The van der Waals surface area contributed by atoms with E-state index in [1.165, 1.54) is 17.8 Å². The van der Waals surface area contributed by atoms with E-state index in [4.69, 9.17) is 18.0 Å². The molecule has 0 saturated carbocycles. The van der Waals surface area contributed by atoms with Crippen LogP contribution >= 0.6 is 23.6 Å². The van der Waals surface area contributed by atoms with Gasteiger partial charge in [-0.1, -0.05) is 18.6 Å². The van der Waals surface area contributed by atoms with E-state index in [2.05, 4.69) is 25.2 Å². The van der Waals surface area contributed by atoms with Crippen LogP contribution in [-0.4, -0.2) is 68.3 Å². The summed E-state index contributed by atoms with van der Waals surface area (Å²) >= 11 is 6.67. The van der Waals surface area contributed by atoms with Gasteiger partial charge in [0.1, 0.15) is 11.4 Å². The molecule has 0 spiro atoms. The summed E-state index contributed by atoms with van der Waals surface area (Å²) in [5.41, 5.74) is 6.85. The van der Waals surface area contributed by atoms with Crippen LogP contribution < -0.4 is 11.1 Å². The van der Waals surface area contributed by atoms with Gasteiger partial charge in [0.05, 0.1) is 17.6 Å². The van der Waals surface area contributed by atoms with Crippen molar-refractivity contribution in [3.05, 3.63) is 40.1 Å². The molecule has 3 aromatic rings. The number of fused-ring (bicyclic) bond motifs is 1. The van der Waals surface area contributed by atoms with Crippen LogP contribution in [0, 0.1) is 4.77 Å². The van der Waals surface area contributed by atoms with Gasteiger partial charge in [-0.25, -0.2) is 9.97 Å². The first-order chi connectivity index (χ1) is 16.9. The number of para-hydroxylation sites is 1. The van der Waals surface area contributed by atoms with Gasteiger partial charge in [-0.2, -0.15) is 0 Å². The highest BCUT2D eigenvalue weighted by atomic mass is 32.1. The number of piperidine rings is 2. The minimum Gasteiger partial charge on any atom is -0.368 e. The van der Waals surface area contributed by atoms with E-state index in [0.717, 1.165) is 36.8 Å². The minimum atomic E-state index is -0.624. The number of hydrogen-bond acceptors (Lipinski definition) is 8. The van der Waals surface area contributed by atoms with Gasteiger partial charge in [0, 0.05) is 23.9 Å². The van der Waals surface area contributed by atoms with Gasteiger partial charge >= 0.3 is 0 Å². The number of thiazole rings is 1. The topological polar surface area (TPSA) is 120 Å². The van der Waals surface area contributed by atoms with Crippen LogP contribution in [0.15, 0.2) is 29.6 Å². The highest BCUT2D eigenvalue weighted by Crippen LogP contribution is 2.32. The molecule has 9 nitrogen and oxygen atoms in total. The lowest BCUT2D eigenvalue weighted by atomic mass is 9.83. The molecule has 0 radical (unpaired) electrons. The number of H-pyrrole nitrogens is 1. The van der Waals surface area contributed by atoms with Crippen LogP contribution in [-0.2, 0) is 16.0 Å². The second kappa shape index (κ2) is 10.00. The van der Waals surface area contributed by atoms with Crippen LogP contribution in [0.5, 0.6) is 0 Å². The maximum Gasteiger partial charge on any atom is 0.238 e. The van der Waals surface area contributed by atoms with Gasteiger partial charge in [-0.3, -0.25) is 14.5 Å². The summed E-state index contributed by atoms with van der Waals surface area (Å²) in [5.74, 6) is 0.390. The number of nitrogens with zero attached hydrogens (tertiary/aromatic N) is 4. The Bertz CT molecular complexity index is 1290. The number of carbonyl (C=O) groups is 2. The molecule has 2 aliphatic rings. The van der Waals surface area contributed by atoms with Crippen molar-refractivity contribution in [2.75, 3.05) is 31.5 Å². The zero-order valence-corrected chi connectivity index (χ0v) is 21.1. The number of carbonyl (C=O) groups excluding carboxylic acids is 2. The second-order valence-corrected chi connectivity index (χ2v) is 10.5. The molecule has 2 saturated heterocycles. The Labute approximate surface area is 212 Å². The molecule has 184 valence electrons. The van der Waals surface area contributed by atoms with Crippen LogP contribution in [0.3, 0.4) is 0 Å². The Balaban J connectivity index is 1.22. The third kappa shape index (κ3) is 4.93. The number of nitrogens with two attached hydrogens (primary N) is 1. The molecule has 5 rings (SSSR count). The third-order valence-electron chi connectivity index (χ3n) is 7.11. The van der Waals surface area contributed by atoms with Gasteiger partial charge < -0.3 is 20.9 Å². The predicted octanol–water partition coefficient (Wildman–Crippen LogP) is 3.37. The molecular formula is C24H29N7O2S2. The summed E-state index contributed by atoms with van der Waals surface area (Å²) in [6, 6.07) is 7.78. The molecule has 4 heterocycles. The molecule has 35 heavy (non-hydrogen) atoms. The quantitative estimate of drug-likeness (QED) is 0.434. The molecule has 2 fully saturated rings. The molecule has 1 aromatic carbocycles. The van der Waals surface area contributed by atoms with Crippen LogP contribution in [0.1, 0.15) is 37.8 Å². The first kappa shape index (κ1) is 23.8. The van der Waals surface area contributed by atoms with Crippen molar-refractivity contribution in [3.63, 3.8) is 0 Å². The zero-order chi connectivity index (χ0) is 24.4. The largest absolute Gasteiger partial charge is 0.368 e. The third-order valence-corrected chi connectivity index (χ3v) is 8.11. The Morgan fingerprint density at radius 3 is 2.60 bits per heavy atom.